The fourth-order valence-corrected chi connectivity index (χ4v) is 4.79. The minimum Gasteiger partial charge on any atom is -0.457 e. The van der Waals surface area contributed by atoms with Crippen LogP contribution < -0.4 is 5.73 Å². The molecule has 0 aliphatic heterocycles. The fraction of sp³-hybridized carbons (Fsp3) is 0.686. The van der Waals surface area contributed by atoms with Crippen LogP contribution in [0.25, 0.3) is 0 Å². The molecule has 0 radical (unpaired) electrons. The van der Waals surface area contributed by atoms with E-state index in [1.165, 1.54) is 19.3 Å². The Hall–Kier alpha value is -1.80. The van der Waals surface area contributed by atoms with Gasteiger partial charge in [0, 0.05) is 19.6 Å². The van der Waals surface area contributed by atoms with Crippen molar-refractivity contribution in [2.24, 2.45) is 5.73 Å². The molecule has 0 rings (SSSR count). The van der Waals surface area contributed by atoms with Gasteiger partial charge in [0.05, 0.1) is 19.8 Å². The molecule has 0 saturated carbocycles. The zero-order valence-electron chi connectivity index (χ0n) is 27.6. The third kappa shape index (κ3) is 31.6. The Balaban J connectivity index is 3.90. The lowest BCUT2D eigenvalue weighted by molar-refractivity contribution is -0.154. The minimum absolute atomic E-state index is 0.0944. The van der Waals surface area contributed by atoms with Crippen molar-refractivity contribution in [3.63, 3.8) is 0 Å². The van der Waals surface area contributed by atoms with Crippen LogP contribution in [0.3, 0.4) is 0 Å². The lowest BCUT2D eigenvalue weighted by atomic mass is 10.1. The molecule has 0 saturated heterocycles. The van der Waals surface area contributed by atoms with Gasteiger partial charge in [-0.05, 0) is 57.8 Å². The van der Waals surface area contributed by atoms with Crippen LogP contribution in [0.5, 0.6) is 0 Å². The Kier molecular flexibility index (Phi) is 31.3. The minimum atomic E-state index is -4.26. The summed E-state index contributed by atoms with van der Waals surface area (Å²) in [5.74, 6) is -0.365. The summed E-state index contributed by atoms with van der Waals surface area (Å²) in [4.78, 5) is 21.9. The molecule has 0 amide bonds. The summed E-state index contributed by atoms with van der Waals surface area (Å²) in [6.45, 7) is 4.55. The largest absolute Gasteiger partial charge is 0.472 e. The third-order valence-electron chi connectivity index (χ3n) is 6.45. The summed E-state index contributed by atoms with van der Waals surface area (Å²) < 4.78 is 32.8. The van der Waals surface area contributed by atoms with Crippen LogP contribution in [0, 0.1) is 0 Å². The zero-order valence-corrected chi connectivity index (χ0v) is 28.5. The number of rotatable bonds is 31. The van der Waals surface area contributed by atoms with Gasteiger partial charge < -0.3 is 20.1 Å². The molecule has 0 bridgehead atoms. The summed E-state index contributed by atoms with van der Waals surface area (Å²) >= 11 is 0. The molecular formula is C35H62NO7P. The van der Waals surface area contributed by atoms with Crippen LogP contribution >= 0.6 is 7.82 Å². The van der Waals surface area contributed by atoms with Gasteiger partial charge >= 0.3 is 13.8 Å². The molecule has 9 heteroatoms. The van der Waals surface area contributed by atoms with Crippen LogP contribution in [0.4, 0.5) is 0 Å². The Morgan fingerprint density at radius 2 is 1.27 bits per heavy atom. The van der Waals surface area contributed by atoms with E-state index in [0.717, 1.165) is 77.0 Å². The van der Waals surface area contributed by atoms with Gasteiger partial charge in [-0.1, -0.05) is 113 Å². The molecule has 0 aliphatic carbocycles. The first-order chi connectivity index (χ1) is 21.4. The maximum absolute atomic E-state index is 12.1. The van der Waals surface area contributed by atoms with E-state index in [4.69, 9.17) is 24.3 Å². The highest BCUT2D eigenvalue weighted by molar-refractivity contribution is 7.47. The molecule has 0 aromatic carbocycles. The highest BCUT2D eigenvalue weighted by Gasteiger charge is 2.25. The van der Waals surface area contributed by atoms with Gasteiger partial charge in [0.25, 0.3) is 0 Å². The van der Waals surface area contributed by atoms with Gasteiger partial charge in [-0.15, -0.1) is 0 Å². The molecule has 0 aromatic heterocycles. The summed E-state index contributed by atoms with van der Waals surface area (Å²) in [7, 11) is -4.26. The molecule has 0 fully saturated rings. The second kappa shape index (κ2) is 32.6. The van der Waals surface area contributed by atoms with E-state index in [0.29, 0.717) is 13.0 Å². The number of carbonyl (C=O) groups is 1. The smallest absolute Gasteiger partial charge is 0.457 e. The maximum atomic E-state index is 12.1. The van der Waals surface area contributed by atoms with Crippen molar-refractivity contribution in [1.29, 1.82) is 0 Å². The highest BCUT2D eigenvalue weighted by Crippen LogP contribution is 2.43. The van der Waals surface area contributed by atoms with Crippen LogP contribution in [-0.2, 0) is 27.9 Å². The number of hydrogen-bond donors (Lipinski definition) is 2. The topological polar surface area (TPSA) is 117 Å². The Labute approximate surface area is 268 Å². The standard InChI is InChI=1S/C35H62NO7P/c1-3-5-7-8-9-10-11-12-13-14-15-16-17-18-19-20-21-22-23-24-25-27-30-40-32-34(43-35(37)28-26-6-4-2)33-42-44(38,39)41-31-29-36/h5,7,9-10,12-13,15-16,18-19,34H,3-4,6,8,11,14,17,20-33,36H2,1-2H3,(H,38,39)/b7-5-,10-9-,13-12-,16-15-,19-18-. The lowest BCUT2D eigenvalue weighted by Gasteiger charge is -2.20. The predicted octanol–water partition coefficient (Wildman–Crippen LogP) is 9.07. The Bertz CT molecular complexity index is 854. The van der Waals surface area contributed by atoms with Crippen molar-refractivity contribution in [2.45, 2.75) is 123 Å². The molecule has 254 valence electrons. The molecule has 0 spiro atoms. The van der Waals surface area contributed by atoms with E-state index < -0.39 is 13.9 Å². The highest BCUT2D eigenvalue weighted by atomic mass is 31.2. The summed E-state index contributed by atoms with van der Waals surface area (Å²) in [6, 6.07) is 0. The quantitative estimate of drug-likeness (QED) is 0.0334. The number of phosphoric acid groups is 1. The van der Waals surface area contributed by atoms with Crippen molar-refractivity contribution < 1.29 is 32.8 Å². The van der Waals surface area contributed by atoms with Gasteiger partial charge in [-0.25, -0.2) is 4.57 Å². The van der Waals surface area contributed by atoms with E-state index in [1.807, 2.05) is 0 Å². The molecule has 2 atom stereocenters. The predicted molar refractivity (Wildman–Crippen MR) is 182 cm³/mol. The van der Waals surface area contributed by atoms with Gasteiger partial charge in [0.2, 0.25) is 0 Å². The molecule has 0 aromatic rings. The lowest BCUT2D eigenvalue weighted by Crippen LogP contribution is -2.28. The average molecular weight is 640 g/mol. The Morgan fingerprint density at radius 3 is 1.86 bits per heavy atom. The van der Waals surface area contributed by atoms with Crippen molar-refractivity contribution in [1.82, 2.24) is 0 Å². The summed E-state index contributed by atoms with van der Waals surface area (Å²) in [5.41, 5.74) is 5.30. The van der Waals surface area contributed by atoms with Gasteiger partial charge in [0.1, 0.15) is 6.10 Å². The van der Waals surface area contributed by atoms with E-state index in [9.17, 15) is 14.3 Å². The molecule has 2 unspecified atom stereocenters. The zero-order chi connectivity index (χ0) is 32.4. The van der Waals surface area contributed by atoms with E-state index in [2.05, 4.69) is 74.6 Å². The van der Waals surface area contributed by atoms with Crippen LogP contribution in [0.1, 0.15) is 117 Å². The van der Waals surface area contributed by atoms with E-state index >= 15 is 0 Å². The summed E-state index contributed by atoms with van der Waals surface area (Å²) in [6.07, 6.45) is 37.4. The molecule has 0 heterocycles. The molecular weight excluding hydrogens is 577 g/mol. The number of hydrogen-bond acceptors (Lipinski definition) is 7. The normalized spacial score (nSPS) is 14.5. The molecule has 8 nitrogen and oxygen atoms in total. The van der Waals surface area contributed by atoms with Crippen LogP contribution in [0.2, 0.25) is 0 Å². The number of esters is 1. The second-order valence-corrected chi connectivity index (χ2v) is 12.1. The number of nitrogens with two attached hydrogens (primary N) is 1. The number of ether oxygens (including phenoxy) is 2. The number of carbonyl (C=O) groups excluding carboxylic acids is 1. The van der Waals surface area contributed by atoms with Gasteiger partial charge in [0.15, 0.2) is 0 Å². The number of allylic oxidation sites excluding steroid dienone is 10. The monoisotopic (exact) mass is 639 g/mol. The first-order valence-corrected chi connectivity index (χ1v) is 18.3. The third-order valence-corrected chi connectivity index (χ3v) is 7.43. The van der Waals surface area contributed by atoms with Crippen LogP contribution in [-0.4, -0.2) is 49.9 Å². The van der Waals surface area contributed by atoms with Crippen molar-refractivity contribution in [3.05, 3.63) is 60.8 Å². The number of unbranched alkanes of at least 4 members (excludes halogenated alkanes) is 8. The van der Waals surface area contributed by atoms with E-state index in [1.54, 1.807) is 0 Å². The first-order valence-electron chi connectivity index (χ1n) is 16.8. The molecule has 44 heavy (non-hydrogen) atoms. The fourth-order valence-electron chi connectivity index (χ4n) is 4.02. The maximum Gasteiger partial charge on any atom is 0.472 e. The molecule has 0 aliphatic rings. The first kappa shape index (κ1) is 42.2. The van der Waals surface area contributed by atoms with Crippen LogP contribution in [0.15, 0.2) is 60.8 Å². The van der Waals surface area contributed by atoms with Crippen molar-refractivity contribution >= 4 is 13.8 Å². The number of phosphoric ester groups is 1. The van der Waals surface area contributed by atoms with Gasteiger partial charge in [-0.2, -0.15) is 0 Å². The molecule has 3 N–H and O–H groups in total. The average Bonchev–Trinajstić information content (AvgIpc) is 3.01. The van der Waals surface area contributed by atoms with E-state index in [-0.39, 0.29) is 32.3 Å². The SMILES string of the molecule is CC/C=C\C/C=C\C/C=C\C/C=C\C/C=C\CCCCCCCCOCC(COP(=O)(O)OCCN)OC(=O)CCCCC. The second-order valence-electron chi connectivity index (χ2n) is 10.6. The van der Waals surface area contributed by atoms with Gasteiger partial charge in [-0.3, -0.25) is 13.8 Å². The Morgan fingerprint density at radius 1 is 0.705 bits per heavy atom. The van der Waals surface area contributed by atoms with Crippen molar-refractivity contribution in [3.8, 4) is 0 Å². The van der Waals surface area contributed by atoms with Crippen molar-refractivity contribution in [2.75, 3.05) is 33.0 Å². The summed E-state index contributed by atoms with van der Waals surface area (Å²) in [5, 5.41) is 0.